The number of carbonyl (C=O) groups excluding carboxylic acids is 1. The first kappa shape index (κ1) is 14.3. The Labute approximate surface area is 118 Å². The van der Waals surface area contributed by atoms with Crippen molar-refractivity contribution in [2.75, 3.05) is 7.11 Å². The number of nitrogens with two attached hydrogens (primary N) is 1. The topological polar surface area (TPSA) is 70.1 Å². The van der Waals surface area contributed by atoms with Gasteiger partial charge < -0.3 is 10.5 Å². The molecule has 0 aliphatic carbocycles. The number of rotatable bonds is 4. The SMILES string of the molecule is COc1c(C(=O)C(N)c2cnn(C)c2)ccc(C)c1C. The lowest BCUT2D eigenvalue weighted by atomic mass is 9.96. The molecule has 5 nitrogen and oxygen atoms in total. The molecule has 1 heterocycles. The van der Waals surface area contributed by atoms with E-state index in [4.69, 9.17) is 10.5 Å². The van der Waals surface area contributed by atoms with Crippen LogP contribution in [0.1, 0.15) is 33.1 Å². The average molecular weight is 273 g/mol. The van der Waals surface area contributed by atoms with Gasteiger partial charge in [-0.2, -0.15) is 5.10 Å². The third kappa shape index (κ3) is 2.44. The lowest BCUT2D eigenvalue weighted by Gasteiger charge is -2.15. The molecule has 1 unspecified atom stereocenters. The zero-order valence-electron chi connectivity index (χ0n) is 12.2. The first-order chi connectivity index (χ1) is 9.45. The second-order valence-corrected chi connectivity index (χ2v) is 4.88. The fourth-order valence-corrected chi connectivity index (χ4v) is 2.17. The predicted molar refractivity (Wildman–Crippen MR) is 76.9 cm³/mol. The molecule has 0 aliphatic rings. The maximum absolute atomic E-state index is 12.6. The van der Waals surface area contributed by atoms with E-state index in [-0.39, 0.29) is 5.78 Å². The van der Waals surface area contributed by atoms with Crippen molar-refractivity contribution in [3.8, 4) is 5.75 Å². The summed E-state index contributed by atoms with van der Waals surface area (Å²) in [6, 6.07) is 2.93. The number of carbonyl (C=O) groups is 1. The molecule has 0 amide bonds. The monoisotopic (exact) mass is 273 g/mol. The van der Waals surface area contributed by atoms with Crippen molar-refractivity contribution < 1.29 is 9.53 Å². The quantitative estimate of drug-likeness (QED) is 0.864. The fraction of sp³-hybridized carbons (Fsp3) is 0.333. The molecule has 5 heteroatoms. The lowest BCUT2D eigenvalue weighted by molar-refractivity contribution is 0.0958. The molecular weight excluding hydrogens is 254 g/mol. The van der Waals surface area contributed by atoms with E-state index in [1.807, 2.05) is 19.9 Å². The van der Waals surface area contributed by atoms with Crippen LogP contribution < -0.4 is 10.5 Å². The van der Waals surface area contributed by atoms with Crippen LogP contribution in [0.15, 0.2) is 24.5 Å². The van der Waals surface area contributed by atoms with Crippen LogP contribution in [-0.2, 0) is 7.05 Å². The van der Waals surface area contributed by atoms with E-state index in [0.717, 1.165) is 11.1 Å². The highest BCUT2D eigenvalue weighted by Gasteiger charge is 2.23. The second-order valence-electron chi connectivity index (χ2n) is 4.88. The van der Waals surface area contributed by atoms with Gasteiger partial charge >= 0.3 is 0 Å². The van der Waals surface area contributed by atoms with Crippen LogP contribution in [0.4, 0.5) is 0 Å². The molecule has 0 bridgehead atoms. The molecule has 0 saturated carbocycles. The van der Waals surface area contributed by atoms with Crippen molar-refractivity contribution >= 4 is 5.78 Å². The fourth-order valence-electron chi connectivity index (χ4n) is 2.17. The molecule has 1 aromatic carbocycles. The molecule has 0 aliphatic heterocycles. The Balaban J connectivity index is 2.41. The summed E-state index contributed by atoms with van der Waals surface area (Å²) in [6.07, 6.45) is 3.35. The summed E-state index contributed by atoms with van der Waals surface area (Å²) < 4.78 is 7.00. The van der Waals surface area contributed by atoms with E-state index in [2.05, 4.69) is 5.10 Å². The Morgan fingerprint density at radius 3 is 2.65 bits per heavy atom. The number of nitrogens with zero attached hydrogens (tertiary/aromatic N) is 2. The summed E-state index contributed by atoms with van der Waals surface area (Å²) in [5, 5.41) is 4.04. The van der Waals surface area contributed by atoms with Crippen LogP contribution in [0.2, 0.25) is 0 Å². The number of hydrogen-bond donors (Lipinski definition) is 1. The van der Waals surface area contributed by atoms with Gasteiger partial charge in [-0.1, -0.05) is 6.07 Å². The van der Waals surface area contributed by atoms with Gasteiger partial charge in [-0.3, -0.25) is 9.48 Å². The van der Waals surface area contributed by atoms with E-state index >= 15 is 0 Å². The summed E-state index contributed by atoms with van der Waals surface area (Å²) in [6.45, 7) is 3.91. The third-order valence-corrected chi connectivity index (χ3v) is 3.51. The smallest absolute Gasteiger partial charge is 0.187 e. The normalized spacial score (nSPS) is 12.2. The Morgan fingerprint density at radius 2 is 2.10 bits per heavy atom. The third-order valence-electron chi connectivity index (χ3n) is 3.51. The Hall–Kier alpha value is -2.14. The number of hydrogen-bond acceptors (Lipinski definition) is 4. The van der Waals surface area contributed by atoms with Crippen molar-refractivity contribution in [2.45, 2.75) is 19.9 Å². The zero-order valence-corrected chi connectivity index (χ0v) is 12.2. The van der Waals surface area contributed by atoms with Gasteiger partial charge in [0.05, 0.1) is 24.9 Å². The number of ether oxygens (including phenoxy) is 1. The Kier molecular flexibility index (Phi) is 3.90. The van der Waals surface area contributed by atoms with Gasteiger partial charge in [-0.25, -0.2) is 0 Å². The van der Waals surface area contributed by atoms with Gasteiger partial charge in [0.1, 0.15) is 5.75 Å². The van der Waals surface area contributed by atoms with Crippen LogP contribution >= 0.6 is 0 Å². The predicted octanol–water partition coefficient (Wildman–Crippen LogP) is 1.93. The molecule has 1 atom stereocenters. The van der Waals surface area contributed by atoms with Gasteiger partial charge in [0, 0.05) is 18.8 Å². The molecular formula is C15H19N3O2. The minimum Gasteiger partial charge on any atom is -0.496 e. The van der Waals surface area contributed by atoms with Gasteiger partial charge in [0.2, 0.25) is 0 Å². The molecule has 0 spiro atoms. The van der Waals surface area contributed by atoms with E-state index in [0.29, 0.717) is 16.9 Å². The number of Topliss-reactive ketones (excluding diaryl/α,β-unsaturated/α-hetero) is 1. The number of methoxy groups -OCH3 is 1. The molecule has 0 radical (unpaired) electrons. The second kappa shape index (κ2) is 5.46. The molecule has 2 rings (SSSR count). The largest absolute Gasteiger partial charge is 0.496 e. The molecule has 2 N–H and O–H groups in total. The first-order valence-corrected chi connectivity index (χ1v) is 6.38. The molecule has 0 fully saturated rings. The van der Waals surface area contributed by atoms with E-state index in [1.165, 1.54) is 0 Å². The average Bonchev–Trinajstić information content (AvgIpc) is 2.86. The summed E-state index contributed by atoms with van der Waals surface area (Å²) >= 11 is 0. The van der Waals surface area contributed by atoms with Crippen molar-refractivity contribution in [2.24, 2.45) is 12.8 Å². The highest BCUT2D eigenvalue weighted by atomic mass is 16.5. The summed E-state index contributed by atoms with van der Waals surface area (Å²) in [5.41, 5.74) is 9.27. The Bertz CT molecular complexity index is 647. The van der Waals surface area contributed by atoms with Crippen LogP contribution in [0, 0.1) is 13.8 Å². The minimum absolute atomic E-state index is 0.169. The molecule has 1 aromatic heterocycles. The Morgan fingerprint density at radius 1 is 1.40 bits per heavy atom. The van der Waals surface area contributed by atoms with Gasteiger partial charge in [-0.05, 0) is 31.0 Å². The number of benzene rings is 1. The van der Waals surface area contributed by atoms with Crippen molar-refractivity contribution in [1.82, 2.24) is 9.78 Å². The van der Waals surface area contributed by atoms with Gasteiger partial charge in [-0.15, -0.1) is 0 Å². The zero-order chi connectivity index (χ0) is 14.9. The van der Waals surface area contributed by atoms with Crippen LogP contribution in [-0.4, -0.2) is 22.7 Å². The van der Waals surface area contributed by atoms with E-state index in [9.17, 15) is 4.79 Å². The number of ketones is 1. The molecule has 106 valence electrons. The molecule has 20 heavy (non-hydrogen) atoms. The minimum atomic E-state index is -0.736. The van der Waals surface area contributed by atoms with Crippen molar-refractivity contribution in [3.63, 3.8) is 0 Å². The molecule has 0 saturated heterocycles. The number of aryl methyl sites for hydroxylation is 2. The van der Waals surface area contributed by atoms with Gasteiger partial charge in [0.15, 0.2) is 5.78 Å². The summed E-state index contributed by atoms with van der Waals surface area (Å²) in [5.74, 6) is 0.423. The molecule has 2 aromatic rings. The van der Waals surface area contributed by atoms with E-state index in [1.54, 1.807) is 37.3 Å². The first-order valence-electron chi connectivity index (χ1n) is 6.38. The van der Waals surface area contributed by atoms with Gasteiger partial charge in [0.25, 0.3) is 0 Å². The highest BCUT2D eigenvalue weighted by Crippen LogP contribution is 2.29. The van der Waals surface area contributed by atoms with Crippen molar-refractivity contribution in [3.05, 3.63) is 46.8 Å². The van der Waals surface area contributed by atoms with Crippen LogP contribution in [0.25, 0.3) is 0 Å². The number of aromatic nitrogens is 2. The lowest BCUT2D eigenvalue weighted by Crippen LogP contribution is -2.22. The standard InChI is InChI=1S/C15H19N3O2/c1-9-5-6-12(15(20-4)10(9)2)14(19)13(16)11-7-17-18(3)8-11/h5-8,13H,16H2,1-4H3. The maximum Gasteiger partial charge on any atom is 0.187 e. The maximum atomic E-state index is 12.6. The summed E-state index contributed by atoms with van der Waals surface area (Å²) in [7, 11) is 3.35. The summed E-state index contributed by atoms with van der Waals surface area (Å²) in [4.78, 5) is 12.6. The van der Waals surface area contributed by atoms with Crippen LogP contribution in [0.3, 0.4) is 0 Å². The highest BCUT2D eigenvalue weighted by molar-refractivity contribution is 6.03. The van der Waals surface area contributed by atoms with Crippen LogP contribution in [0.5, 0.6) is 5.75 Å². The van der Waals surface area contributed by atoms with E-state index < -0.39 is 6.04 Å². The van der Waals surface area contributed by atoms with Crippen molar-refractivity contribution in [1.29, 1.82) is 0 Å².